The van der Waals surface area contributed by atoms with E-state index in [1.54, 1.807) is 17.5 Å². The third kappa shape index (κ3) is 3.81. The summed E-state index contributed by atoms with van der Waals surface area (Å²) < 4.78 is 0. The molecule has 0 unspecified atom stereocenters. The molecule has 0 aliphatic carbocycles. The number of nitrogens with one attached hydrogen (secondary N) is 2. The van der Waals surface area contributed by atoms with E-state index in [1.165, 1.54) is 5.56 Å². The van der Waals surface area contributed by atoms with Crippen molar-refractivity contribution in [2.75, 3.05) is 5.32 Å². The average molecular weight is 337 g/mol. The van der Waals surface area contributed by atoms with Gasteiger partial charge in [0.05, 0.1) is 10.6 Å². The Morgan fingerprint density at radius 3 is 2.75 bits per heavy atom. The summed E-state index contributed by atoms with van der Waals surface area (Å²) in [7, 11) is 0. The molecule has 2 aromatic heterocycles. The van der Waals surface area contributed by atoms with E-state index in [0.29, 0.717) is 6.54 Å². The summed E-state index contributed by atoms with van der Waals surface area (Å²) >= 11 is 1.64. The third-order valence-electron chi connectivity index (χ3n) is 3.85. The molecule has 1 aromatic carbocycles. The van der Waals surface area contributed by atoms with E-state index >= 15 is 0 Å². The third-order valence-corrected chi connectivity index (χ3v) is 4.73. The number of amides is 2. The summed E-state index contributed by atoms with van der Waals surface area (Å²) in [5.41, 5.74) is 5.06. The molecule has 0 atom stereocenters. The van der Waals surface area contributed by atoms with Gasteiger partial charge in [0.25, 0.3) is 0 Å². The zero-order chi connectivity index (χ0) is 16.9. The second kappa shape index (κ2) is 7.27. The largest absolute Gasteiger partial charge is 0.334 e. The van der Waals surface area contributed by atoms with Crippen molar-refractivity contribution in [3.63, 3.8) is 0 Å². The van der Waals surface area contributed by atoms with Crippen LogP contribution < -0.4 is 10.6 Å². The second-order valence-corrected chi connectivity index (χ2v) is 6.54. The van der Waals surface area contributed by atoms with Crippen molar-refractivity contribution < 1.29 is 4.79 Å². The summed E-state index contributed by atoms with van der Waals surface area (Å²) in [6.07, 6.45) is 1.77. The van der Waals surface area contributed by atoms with Crippen molar-refractivity contribution in [1.29, 1.82) is 0 Å². The summed E-state index contributed by atoms with van der Waals surface area (Å²) in [4.78, 5) is 17.7. The number of pyridine rings is 1. The molecule has 0 radical (unpaired) electrons. The Balaban J connectivity index is 1.66. The predicted molar refractivity (Wildman–Crippen MR) is 99.3 cm³/mol. The van der Waals surface area contributed by atoms with Gasteiger partial charge in [0.1, 0.15) is 0 Å². The fourth-order valence-electron chi connectivity index (χ4n) is 2.39. The Labute approximate surface area is 145 Å². The Morgan fingerprint density at radius 1 is 1.12 bits per heavy atom. The molecule has 0 saturated carbocycles. The van der Waals surface area contributed by atoms with E-state index in [2.05, 4.69) is 15.6 Å². The van der Waals surface area contributed by atoms with Crippen molar-refractivity contribution in [3.05, 3.63) is 70.7 Å². The van der Waals surface area contributed by atoms with Crippen LogP contribution in [-0.2, 0) is 6.54 Å². The van der Waals surface area contributed by atoms with Gasteiger partial charge in [0.15, 0.2) is 0 Å². The Morgan fingerprint density at radius 2 is 2.00 bits per heavy atom. The quantitative estimate of drug-likeness (QED) is 0.722. The molecular formula is C19H19N3OS. The van der Waals surface area contributed by atoms with Gasteiger partial charge in [-0.3, -0.25) is 4.98 Å². The molecule has 0 fully saturated rings. The lowest BCUT2D eigenvalue weighted by Gasteiger charge is -2.11. The molecule has 0 bridgehead atoms. The molecule has 0 aliphatic heterocycles. The van der Waals surface area contributed by atoms with Crippen LogP contribution in [0, 0.1) is 13.8 Å². The molecular weight excluding hydrogens is 318 g/mol. The van der Waals surface area contributed by atoms with Crippen molar-refractivity contribution in [2.24, 2.45) is 0 Å². The first-order chi connectivity index (χ1) is 11.6. The molecule has 2 N–H and O–H groups in total. The lowest BCUT2D eigenvalue weighted by molar-refractivity contribution is 0.252. The first-order valence-electron chi connectivity index (χ1n) is 7.73. The zero-order valence-electron chi connectivity index (χ0n) is 13.7. The van der Waals surface area contributed by atoms with Crippen LogP contribution in [-0.4, -0.2) is 11.0 Å². The highest BCUT2D eigenvalue weighted by atomic mass is 32.1. The number of anilines is 1. The highest BCUT2D eigenvalue weighted by Crippen LogP contribution is 2.25. The molecule has 24 heavy (non-hydrogen) atoms. The van der Waals surface area contributed by atoms with Crippen LogP contribution in [0.3, 0.4) is 0 Å². The molecule has 5 heteroatoms. The van der Waals surface area contributed by atoms with Crippen molar-refractivity contribution in [2.45, 2.75) is 20.4 Å². The Hall–Kier alpha value is -2.66. The maximum Gasteiger partial charge on any atom is 0.319 e. The number of hydrogen-bond acceptors (Lipinski definition) is 3. The van der Waals surface area contributed by atoms with E-state index in [9.17, 15) is 4.79 Å². The fraction of sp³-hybridized carbons (Fsp3) is 0.158. The van der Waals surface area contributed by atoms with Gasteiger partial charge in [-0.25, -0.2) is 4.79 Å². The number of carbonyl (C=O) groups is 1. The van der Waals surface area contributed by atoms with E-state index in [4.69, 9.17) is 0 Å². The van der Waals surface area contributed by atoms with Gasteiger partial charge in [-0.15, -0.1) is 11.3 Å². The van der Waals surface area contributed by atoms with Crippen LogP contribution in [0.15, 0.2) is 54.0 Å². The summed E-state index contributed by atoms with van der Waals surface area (Å²) in [6, 6.07) is 13.6. The molecule has 122 valence electrons. The van der Waals surface area contributed by atoms with Gasteiger partial charge in [-0.1, -0.05) is 18.2 Å². The van der Waals surface area contributed by atoms with Gasteiger partial charge >= 0.3 is 6.03 Å². The van der Waals surface area contributed by atoms with E-state index < -0.39 is 0 Å². The minimum absolute atomic E-state index is 0.223. The summed E-state index contributed by atoms with van der Waals surface area (Å²) in [5, 5.41) is 7.79. The van der Waals surface area contributed by atoms with Gasteiger partial charge in [0, 0.05) is 18.4 Å². The molecule has 3 rings (SSSR count). The van der Waals surface area contributed by atoms with Crippen LogP contribution in [0.25, 0.3) is 10.6 Å². The maximum atomic E-state index is 12.1. The summed E-state index contributed by atoms with van der Waals surface area (Å²) in [5.74, 6) is 0. The molecule has 4 nitrogen and oxygen atoms in total. The van der Waals surface area contributed by atoms with Crippen LogP contribution in [0.2, 0.25) is 0 Å². The van der Waals surface area contributed by atoms with E-state index in [-0.39, 0.29) is 6.03 Å². The van der Waals surface area contributed by atoms with E-state index in [0.717, 1.165) is 27.4 Å². The number of thiophene rings is 1. The maximum absolute atomic E-state index is 12.1. The minimum Gasteiger partial charge on any atom is -0.334 e. The van der Waals surface area contributed by atoms with Crippen LogP contribution in [0.4, 0.5) is 10.5 Å². The number of benzene rings is 1. The second-order valence-electron chi connectivity index (χ2n) is 5.60. The van der Waals surface area contributed by atoms with Crippen LogP contribution >= 0.6 is 11.3 Å². The Bertz CT molecular complexity index is 844. The van der Waals surface area contributed by atoms with Gasteiger partial charge in [-0.05, 0) is 60.2 Å². The number of urea groups is 1. The van der Waals surface area contributed by atoms with Crippen molar-refractivity contribution in [1.82, 2.24) is 10.3 Å². The average Bonchev–Trinajstić information content (AvgIpc) is 3.11. The number of carbonyl (C=O) groups excluding carboxylic acids is 1. The Kier molecular flexibility index (Phi) is 4.91. The monoisotopic (exact) mass is 337 g/mol. The number of hydrogen-bond donors (Lipinski definition) is 2. The molecule has 0 saturated heterocycles. The van der Waals surface area contributed by atoms with Crippen molar-refractivity contribution >= 4 is 23.1 Å². The number of aromatic nitrogens is 1. The molecule has 0 aliphatic rings. The predicted octanol–water partition coefficient (Wildman–Crippen LogP) is 4.75. The van der Waals surface area contributed by atoms with Crippen molar-refractivity contribution in [3.8, 4) is 10.6 Å². The lowest BCUT2D eigenvalue weighted by atomic mass is 10.1. The van der Waals surface area contributed by atoms with Gasteiger partial charge in [0.2, 0.25) is 0 Å². The van der Waals surface area contributed by atoms with E-state index in [1.807, 2.05) is 61.7 Å². The first-order valence-corrected chi connectivity index (χ1v) is 8.61. The highest BCUT2D eigenvalue weighted by Gasteiger charge is 2.09. The number of rotatable bonds is 4. The topological polar surface area (TPSA) is 54.0 Å². The van der Waals surface area contributed by atoms with Crippen LogP contribution in [0.1, 0.15) is 16.7 Å². The minimum atomic E-state index is -0.223. The molecule has 2 heterocycles. The summed E-state index contributed by atoms with van der Waals surface area (Å²) in [6.45, 7) is 4.51. The molecule has 3 aromatic rings. The molecule has 0 spiro atoms. The zero-order valence-corrected chi connectivity index (χ0v) is 14.5. The molecule has 2 amide bonds. The number of nitrogens with zero attached hydrogens (tertiary/aromatic N) is 1. The first kappa shape index (κ1) is 16.2. The SMILES string of the molecule is Cc1ccc(NC(=O)NCc2cccnc2-c2cccs2)cc1C. The van der Waals surface area contributed by atoms with Gasteiger partial charge < -0.3 is 10.6 Å². The fourth-order valence-corrected chi connectivity index (χ4v) is 3.14. The standard InChI is InChI=1S/C19H19N3OS/c1-13-7-8-16(11-14(13)2)22-19(23)21-12-15-5-3-9-20-18(15)17-6-4-10-24-17/h3-11H,12H2,1-2H3,(H2,21,22,23). The van der Waals surface area contributed by atoms with Crippen LogP contribution in [0.5, 0.6) is 0 Å². The highest BCUT2D eigenvalue weighted by molar-refractivity contribution is 7.13. The van der Waals surface area contributed by atoms with Gasteiger partial charge in [-0.2, -0.15) is 0 Å². The lowest BCUT2D eigenvalue weighted by Crippen LogP contribution is -2.28. The smallest absolute Gasteiger partial charge is 0.319 e. The normalized spacial score (nSPS) is 10.4. The number of aryl methyl sites for hydroxylation is 2.